The minimum Gasteiger partial charge on any atom is -0.489 e. The van der Waals surface area contributed by atoms with E-state index in [0.29, 0.717) is 0 Å². The van der Waals surface area contributed by atoms with Gasteiger partial charge in [-0.15, -0.1) is 0 Å². The molecule has 1 aromatic carbocycles. The Morgan fingerprint density at radius 2 is 2.03 bits per heavy atom. The van der Waals surface area contributed by atoms with Crippen LogP contribution >= 0.6 is 0 Å². The molecular weight excluding hydrogens is 420 g/mol. The summed E-state index contributed by atoms with van der Waals surface area (Å²) in [5, 5.41) is 8.11. The number of aromatic nitrogens is 2. The topological polar surface area (TPSA) is 77.9 Å². The summed E-state index contributed by atoms with van der Waals surface area (Å²) in [6.07, 6.45) is 10.1. The molecule has 3 aliphatic rings. The van der Waals surface area contributed by atoms with E-state index in [1.807, 2.05) is 16.9 Å². The highest BCUT2D eigenvalue weighted by atomic mass is 16.5. The van der Waals surface area contributed by atoms with Crippen LogP contribution in [0, 0.1) is 0 Å². The quantitative estimate of drug-likeness (QED) is 0.737. The molecule has 3 atom stereocenters. The number of anilines is 1. The third kappa shape index (κ3) is 4.10. The standard InChI is InChI=1S/C25H34N4O4/c1-16-7-8-20-21(29(16)25(30)32-3)10-9-19(24(20)33-18-5-4-6-18)17-13-27-28(15-17)22-11-12-26-14-23(22)31-2/h9-10,13,15-16,18,22-23,26H,4-8,11-12,14H2,1-3H3. The van der Waals surface area contributed by atoms with Crippen molar-refractivity contribution in [3.8, 4) is 16.9 Å². The van der Waals surface area contributed by atoms with Crippen molar-refractivity contribution in [2.75, 3.05) is 32.2 Å². The Morgan fingerprint density at radius 3 is 2.76 bits per heavy atom. The van der Waals surface area contributed by atoms with Gasteiger partial charge in [0, 0.05) is 42.6 Å². The highest BCUT2D eigenvalue weighted by Gasteiger charge is 2.34. The molecule has 3 unspecified atom stereocenters. The third-order valence-corrected chi connectivity index (χ3v) is 7.40. The van der Waals surface area contributed by atoms with Crippen LogP contribution in [-0.2, 0) is 15.9 Å². The van der Waals surface area contributed by atoms with Crippen LogP contribution < -0.4 is 15.0 Å². The second-order valence-corrected chi connectivity index (χ2v) is 9.38. The summed E-state index contributed by atoms with van der Waals surface area (Å²) in [5.41, 5.74) is 4.05. The predicted molar refractivity (Wildman–Crippen MR) is 126 cm³/mol. The fraction of sp³-hybridized carbons (Fsp3) is 0.600. The van der Waals surface area contributed by atoms with Gasteiger partial charge in [-0.05, 0) is 64.1 Å². The minimum absolute atomic E-state index is 0.0843. The largest absolute Gasteiger partial charge is 0.489 e. The summed E-state index contributed by atoms with van der Waals surface area (Å²) >= 11 is 0. The molecule has 8 nitrogen and oxygen atoms in total. The molecule has 2 fully saturated rings. The minimum atomic E-state index is -0.324. The molecule has 0 bridgehead atoms. The number of amides is 1. The Hall–Kier alpha value is -2.58. The van der Waals surface area contributed by atoms with Crippen LogP contribution in [0.3, 0.4) is 0 Å². The number of hydrogen-bond acceptors (Lipinski definition) is 6. The summed E-state index contributed by atoms with van der Waals surface area (Å²) in [7, 11) is 3.20. The maximum absolute atomic E-state index is 12.6. The first-order chi connectivity index (χ1) is 16.1. The molecule has 178 valence electrons. The summed E-state index contributed by atoms with van der Waals surface area (Å²) in [5.74, 6) is 0.895. The van der Waals surface area contributed by atoms with Gasteiger partial charge in [-0.25, -0.2) is 4.79 Å². The van der Waals surface area contributed by atoms with Crippen LogP contribution in [0.1, 0.15) is 50.6 Å². The number of hydrogen-bond donors (Lipinski definition) is 1. The number of rotatable bonds is 5. The third-order valence-electron chi connectivity index (χ3n) is 7.40. The molecule has 1 aliphatic carbocycles. The van der Waals surface area contributed by atoms with Crippen LogP contribution in [0.15, 0.2) is 24.5 Å². The maximum Gasteiger partial charge on any atom is 0.414 e. The van der Waals surface area contributed by atoms with Gasteiger partial charge in [-0.2, -0.15) is 5.10 Å². The second kappa shape index (κ2) is 9.35. The fourth-order valence-corrected chi connectivity index (χ4v) is 5.22. The first kappa shape index (κ1) is 22.2. The van der Waals surface area contributed by atoms with Gasteiger partial charge in [-0.3, -0.25) is 9.58 Å². The van der Waals surface area contributed by atoms with Crippen LogP contribution in [0.4, 0.5) is 10.5 Å². The lowest BCUT2D eigenvalue weighted by Gasteiger charge is -2.37. The molecular formula is C25H34N4O4. The van der Waals surface area contributed by atoms with E-state index in [1.165, 1.54) is 13.5 Å². The van der Waals surface area contributed by atoms with E-state index in [9.17, 15) is 4.79 Å². The zero-order valence-corrected chi connectivity index (χ0v) is 19.8. The van der Waals surface area contributed by atoms with Crippen molar-refractivity contribution in [1.29, 1.82) is 0 Å². The Kier molecular flexibility index (Phi) is 6.29. The number of piperidine rings is 1. The lowest BCUT2D eigenvalue weighted by molar-refractivity contribution is 0.0346. The molecule has 1 N–H and O–H groups in total. The Morgan fingerprint density at radius 1 is 1.18 bits per heavy atom. The molecule has 2 aliphatic heterocycles. The van der Waals surface area contributed by atoms with Crippen molar-refractivity contribution in [3.05, 3.63) is 30.1 Å². The van der Waals surface area contributed by atoms with Crippen LogP contribution in [-0.4, -0.2) is 61.4 Å². The first-order valence-electron chi connectivity index (χ1n) is 12.1. The van der Waals surface area contributed by atoms with Gasteiger partial charge >= 0.3 is 6.09 Å². The fourth-order valence-electron chi connectivity index (χ4n) is 5.22. The molecule has 0 radical (unpaired) electrons. The van der Waals surface area contributed by atoms with E-state index in [0.717, 1.165) is 73.3 Å². The average molecular weight is 455 g/mol. The SMILES string of the molecule is COC(=O)N1c2ccc(-c3cnn(C4CCNCC4OC)c3)c(OC3CCC3)c2CCC1C. The highest BCUT2D eigenvalue weighted by Crippen LogP contribution is 2.45. The number of fused-ring (bicyclic) bond motifs is 1. The number of carbonyl (C=O) groups excluding carboxylic acids is 1. The van der Waals surface area contributed by atoms with Crippen molar-refractivity contribution < 1.29 is 19.0 Å². The zero-order valence-electron chi connectivity index (χ0n) is 19.8. The number of benzene rings is 1. The van der Waals surface area contributed by atoms with Gasteiger partial charge < -0.3 is 19.5 Å². The van der Waals surface area contributed by atoms with Gasteiger partial charge in [0.25, 0.3) is 0 Å². The number of carbonyl (C=O) groups is 1. The van der Waals surface area contributed by atoms with Gasteiger partial charge in [0.15, 0.2) is 0 Å². The summed E-state index contributed by atoms with van der Waals surface area (Å²) < 4.78 is 19.4. The molecule has 1 saturated heterocycles. The van der Waals surface area contributed by atoms with Crippen LogP contribution in [0.5, 0.6) is 5.75 Å². The van der Waals surface area contributed by atoms with Crippen LogP contribution in [0.2, 0.25) is 0 Å². The van der Waals surface area contributed by atoms with Crippen LogP contribution in [0.25, 0.3) is 11.1 Å². The first-order valence-corrected chi connectivity index (χ1v) is 12.1. The van der Waals surface area contributed by atoms with E-state index in [1.54, 1.807) is 12.0 Å². The van der Waals surface area contributed by atoms with Crippen molar-refractivity contribution in [1.82, 2.24) is 15.1 Å². The Labute approximate surface area is 195 Å². The van der Waals surface area contributed by atoms with Gasteiger partial charge in [0.2, 0.25) is 0 Å². The van der Waals surface area contributed by atoms with E-state index < -0.39 is 0 Å². The molecule has 1 saturated carbocycles. The molecule has 5 rings (SSSR count). The molecule has 1 aromatic heterocycles. The highest BCUT2D eigenvalue weighted by molar-refractivity contribution is 5.92. The Bertz CT molecular complexity index is 1000. The van der Waals surface area contributed by atoms with E-state index >= 15 is 0 Å². The molecule has 0 spiro atoms. The van der Waals surface area contributed by atoms with E-state index in [4.69, 9.17) is 19.3 Å². The smallest absolute Gasteiger partial charge is 0.414 e. The number of nitrogens with zero attached hydrogens (tertiary/aromatic N) is 3. The lowest BCUT2D eigenvalue weighted by atomic mass is 9.91. The molecule has 2 aromatic rings. The maximum atomic E-state index is 12.6. The number of methoxy groups -OCH3 is 2. The molecule has 33 heavy (non-hydrogen) atoms. The second-order valence-electron chi connectivity index (χ2n) is 9.38. The van der Waals surface area contributed by atoms with E-state index in [-0.39, 0.29) is 30.4 Å². The molecule has 1 amide bonds. The van der Waals surface area contributed by atoms with Gasteiger partial charge in [0.1, 0.15) is 5.75 Å². The Balaban J connectivity index is 1.54. The summed E-state index contributed by atoms with van der Waals surface area (Å²) in [6, 6.07) is 4.39. The monoisotopic (exact) mass is 454 g/mol. The average Bonchev–Trinajstić information content (AvgIpc) is 3.30. The zero-order chi connectivity index (χ0) is 22.9. The van der Waals surface area contributed by atoms with Crippen molar-refractivity contribution in [2.24, 2.45) is 0 Å². The van der Waals surface area contributed by atoms with Gasteiger partial charge in [-0.1, -0.05) is 0 Å². The molecule has 3 heterocycles. The van der Waals surface area contributed by atoms with E-state index in [2.05, 4.69) is 24.5 Å². The summed E-state index contributed by atoms with van der Waals surface area (Å²) in [4.78, 5) is 14.3. The summed E-state index contributed by atoms with van der Waals surface area (Å²) in [6.45, 7) is 3.85. The number of nitrogens with one attached hydrogen (secondary N) is 1. The normalized spacial score (nSPS) is 25.3. The predicted octanol–water partition coefficient (Wildman–Crippen LogP) is 3.94. The lowest BCUT2D eigenvalue weighted by Crippen LogP contribution is -2.42. The molecule has 8 heteroatoms. The van der Waals surface area contributed by atoms with Crippen molar-refractivity contribution in [3.63, 3.8) is 0 Å². The van der Waals surface area contributed by atoms with Crippen molar-refractivity contribution in [2.45, 2.75) is 69.7 Å². The van der Waals surface area contributed by atoms with Crippen molar-refractivity contribution >= 4 is 11.8 Å². The van der Waals surface area contributed by atoms with Gasteiger partial charge in [0.05, 0.1) is 37.2 Å². The number of ether oxygens (including phenoxy) is 3.